The second kappa shape index (κ2) is 6.91. The quantitative estimate of drug-likeness (QED) is 0.712. The van der Waals surface area contributed by atoms with Crippen molar-refractivity contribution in [3.05, 3.63) is 29.8 Å². The summed E-state index contributed by atoms with van der Waals surface area (Å²) in [5.74, 6) is 0.460. The van der Waals surface area contributed by atoms with Crippen LogP contribution in [0.1, 0.15) is 19.4 Å². The maximum Gasteiger partial charge on any atom is 0.332 e. The standard InChI is InChI=1S/C13H18O4/c1-10(2)17-13(14)9-16-8-11-4-6-12(15-3)7-5-11/h4-7,10H,8-9H2,1-3H3. The predicted octanol–water partition coefficient (Wildman–Crippen LogP) is 2.16. The van der Waals surface area contributed by atoms with Gasteiger partial charge < -0.3 is 14.2 Å². The van der Waals surface area contributed by atoms with E-state index in [1.807, 2.05) is 24.3 Å². The Kier molecular flexibility index (Phi) is 5.49. The highest BCUT2D eigenvalue weighted by molar-refractivity contribution is 5.70. The number of rotatable bonds is 6. The topological polar surface area (TPSA) is 44.8 Å². The SMILES string of the molecule is COc1ccc(COCC(=O)OC(C)C)cc1. The average Bonchev–Trinajstić information content (AvgIpc) is 2.29. The van der Waals surface area contributed by atoms with Gasteiger partial charge in [-0.3, -0.25) is 0 Å². The fraction of sp³-hybridized carbons (Fsp3) is 0.462. The van der Waals surface area contributed by atoms with Crippen molar-refractivity contribution in [3.8, 4) is 5.75 Å². The second-order valence-electron chi connectivity index (χ2n) is 3.88. The zero-order valence-electron chi connectivity index (χ0n) is 10.4. The van der Waals surface area contributed by atoms with Crippen molar-refractivity contribution >= 4 is 5.97 Å². The molecule has 0 fully saturated rings. The first kappa shape index (κ1) is 13.5. The van der Waals surface area contributed by atoms with Crippen molar-refractivity contribution in [3.63, 3.8) is 0 Å². The van der Waals surface area contributed by atoms with Gasteiger partial charge in [-0.25, -0.2) is 4.79 Å². The summed E-state index contributed by atoms with van der Waals surface area (Å²) in [5, 5.41) is 0. The van der Waals surface area contributed by atoms with Gasteiger partial charge in [0.05, 0.1) is 19.8 Å². The number of ether oxygens (including phenoxy) is 3. The molecule has 0 saturated carbocycles. The summed E-state index contributed by atoms with van der Waals surface area (Å²) in [6, 6.07) is 7.50. The second-order valence-corrected chi connectivity index (χ2v) is 3.88. The highest BCUT2D eigenvalue weighted by Gasteiger charge is 2.05. The summed E-state index contributed by atoms with van der Waals surface area (Å²) < 4.78 is 15.2. The molecule has 0 aliphatic rings. The molecule has 0 aliphatic heterocycles. The van der Waals surface area contributed by atoms with Gasteiger partial charge in [0, 0.05) is 0 Å². The van der Waals surface area contributed by atoms with Crippen LogP contribution in [0.2, 0.25) is 0 Å². The van der Waals surface area contributed by atoms with E-state index in [0.717, 1.165) is 11.3 Å². The molecule has 17 heavy (non-hydrogen) atoms. The summed E-state index contributed by atoms with van der Waals surface area (Å²) in [6.07, 6.45) is -0.105. The van der Waals surface area contributed by atoms with Crippen LogP contribution in [-0.4, -0.2) is 25.8 Å². The average molecular weight is 238 g/mol. The number of carbonyl (C=O) groups is 1. The van der Waals surface area contributed by atoms with E-state index in [9.17, 15) is 4.79 Å². The Morgan fingerprint density at radius 2 is 1.88 bits per heavy atom. The number of hydrogen-bond acceptors (Lipinski definition) is 4. The molecule has 1 aromatic rings. The molecule has 0 saturated heterocycles. The largest absolute Gasteiger partial charge is 0.497 e. The molecule has 4 nitrogen and oxygen atoms in total. The smallest absolute Gasteiger partial charge is 0.332 e. The summed E-state index contributed by atoms with van der Waals surface area (Å²) >= 11 is 0. The Morgan fingerprint density at radius 1 is 1.24 bits per heavy atom. The van der Waals surface area contributed by atoms with E-state index >= 15 is 0 Å². The molecule has 0 bridgehead atoms. The molecule has 0 radical (unpaired) electrons. The normalized spacial score (nSPS) is 10.4. The Bertz CT molecular complexity index is 343. The minimum atomic E-state index is -0.339. The van der Waals surface area contributed by atoms with Crippen molar-refractivity contribution in [2.24, 2.45) is 0 Å². The number of methoxy groups -OCH3 is 1. The Labute approximate surface area is 101 Å². The maximum absolute atomic E-state index is 11.2. The molecule has 0 heterocycles. The van der Waals surface area contributed by atoms with Crippen LogP contribution >= 0.6 is 0 Å². The fourth-order valence-electron chi connectivity index (χ4n) is 1.27. The summed E-state index contributed by atoms with van der Waals surface area (Å²) in [6.45, 7) is 3.98. The fourth-order valence-corrected chi connectivity index (χ4v) is 1.27. The Hall–Kier alpha value is -1.55. The molecular formula is C13H18O4. The first-order valence-electron chi connectivity index (χ1n) is 5.52. The third-order valence-electron chi connectivity index (χ3n) is 2.01. The van der Waals surface area contributed by atoms with Gasteiger partial charge in [-0.1, -0.05) is 12.1 Å². The first-order valence-corrected chi connectivity index (χ1v) is 5.52. The molecule has 0 aliphatic carbocycles. The van der Waals surface area contributed by atoms with E-state index in [-0.39, 0.29) is 18.7 Å². The third kappa shape index (κ3) is 5.36. The molecule has 4 heteroatoms. The minimum Gasteiger partial charge on any atom is -0.497 e. The molecule has 1 rings (SSSR count). The van der Waals surface area contributed by atoms with E-state index in [1.54, 1.807) is 21.0 Å². The van der Waals surface area contributed by atoms with Crippen LogP contribution in [0.4, 0.5) is 0 Å². The van der Waals surface area contributed by atoms with Crippen LogP contribution in [-0.2, 0) is 20.9 Å². The number of esters is 1. The lowest BCUT2D eigenvalue weighted by Gasteiger charge is -2.08. The summed E-state index contributed by atoms with van der Waals surface area (Å²) in [4.78, 5) is 11.2. The van der Waals surface area contributed by atoms with E-state index in [4.69, 9.17) is 14.2 Å². The molecule has 94 valence electrons. The minimum absolute atomic E-state index is 0.0236. The first-order chi connectivity index (χ1) is 8.11. The lowest BCUT2D eigenvalue weighted by atomic mass is 10.2. The van der Waals surface area contributed by atoms with Crippen LogP contribution in [0.15, 0.2) is 24.3 Å². The van der Waals surface area contributed by atoms with Gasteiger partial charge in [0.2, 0.25) is 0 Å². The Balaban J connectivity index is 2.28. The van der Waals surface area contributed by atoms with E-state index < -0.39 is 0 Å². The van der Waals surface area contributed by atoms with Gasteiger partial charge in [0.1, 0.15) is 12.4 Å². The molecule has 0 atom stereocenters. The van der Waals surface area contributed by atoms with E-state index in [2.05, 4.69) is 0 Å². The lowest BCUT2D eigenvalue weighted by Crippen LogP contribution is -2.16. The van der Waals surface area contributed by atoms with Crippen molar-refractivity contribution in [2.45, 2.75) is 26.6 Å². The molecule has 0 aromatic heterocycles. The van der Waals surface area contributed by atoms with Gasteiger partial charge in [0.15, 0.2) is 0 Å². The van der Waals surface area contributed by atoms with Gasteiger partial charge >= 0.3 is 5.97 Å². The molecule has 0 amide bonds. The van der Waals surface area contributed by atoms with Crippen LogP contribution in [0, 0.1) is 0 Å². The van der Waals surface area contributed by atoms with E-state index in [0.29, 0.717) is 6.61 Å². The van der Waals surface area contributed by atoms with Gasteiger partial charge in [0.25, 0.3) is 0 Å². The molecule has 0 N–H and O–H groups in total. The molecule has 0 spiro atoms. The van der Waals surface area contributed by atoms with Gasteiger partial charge in [-0.05, 0) is 31.5 Å². The van der Waals surface area contributed by atoms with Crippen molar-refractivity contribution in [1.29, 1.82) is 0 Å². The van der Waals surface area contributed by atoms with E-state index in [1.165, 1.54) is 0 Å². The highest BCUT2D eigenvalue weighted by atomic mass is 16.6. The number of hydrogen-bond donors (Lipinski definition) is 0. The van der Waals surface area contributed by atoms with Crippen molar-refractivity contribution < 1.29 is 19.0 Å². The number of benzene rings is 1. The van der Waals surface area contributed by atoms with Crippen LogP contribution < -0.4 is 4.74 Å². The lowest BCUT2D eigenvalue weighted by molar-refractivity contribution is -0.153. The molecule has 0 unspecified atom stereocenters. The summed E-state index contributed by atoms with van der Waals surface area (Å²) in [7, 11) is 1.62. The van der Waals surface area contributed by atoms with Crippen LogP contribution in [0.3, 0.4) is 0 Å². The molecular weight excluding hydrogens is 220 g/mol. The zero-order chi connectivity index (χ0) is 12.7. The molecule has 1 aromatic carbocycles. The zero-order valence-corrected chi connectivity index (χ0v) is 10.4. The van der Waals surface area contributed by atoms with Gasteiger partial charge in [-0.2, -0.15) is 0 Å². The summed E-state index contributed by atoms with van der Waals surface area (Å²) in [5.41, 5.74) is 0.989. The monoisotopic (exact) mass is 238 g/mol. The third-order valence-corrected chi connectivity index (χ3v) is 2.01. The Morgan fingerprint density at radius 3 is 2.41 bits per heavy atom. The van der Waals surface area contributed by atoms with Crippen LogP contribution in [0.5, 0.6) is 5.75 Å². The number of carbonyl (C=O) groups excluding carboxylic acids is 1. The maximum atomic E-state index is 11.2. The highest BCUT2D eigenvalue weighted by Crippen LogP contribution is 2.11. The van der Waals surface area contributed by atoms with Crippen molar-refractivity contribution in [2.75, 3.05) is 13.7 Å². The van der Waals surface area contributed by atoms with Crippen LogP contribution in [0.25, 0.3) is 0 Å². The predicted molar refractivity (Wildman–Crippen MR) is 63.9 cm³/mol. The van der Waals surface area contributed by atoms with Crippen molar-refractivity contribution in [1.82, 2.24) is 0 Å². The van der Waals surface area contributed by atoms with Gasteiger partial charge in [-0.15, -0.1) is 0 Å².